The van der Waals surface area contributed by atoms with Gasteiger partial charge in [0.15, 0.2) is 23.2 Å². The lowest BCUT2D eigenvalue weighted by molar-refractivity contribution is -0.123. The third-order valence-corrected chi connectivity index (χ3v) is 9.89. The molecule has 2 fully saturated rings. The number of nitrogens with one attached hydrogen (secondary N) is 4. The standard InChI is InChI=1S/C33H40F2N8O5S/c34-23-9-6-10-24(35)31(23)48-18-27(44)25(11-3-4-14-36)38-32(46)20-7-5-8-22(15-20)43-17-21(41-42-43)16-37-29(45)13-2-1-12-28-30-26(19-49-28)39-33(47)40-30/h5-10,15,17,25-26,28,30H,1-4,11-14,16,18-19,36H2,(H,37,45)(H,38,46)(H2,39,40,47)/t25?,26?,28-,30?/m0/s1. The third kappa shape index (κ3) is 9.75. The molecule has 13 nitrogen and oxygen atoms in total. The van der Waals surface area contributed by atoms with Crippen molar-refractivity contribution in [2.45, 2.75) is 74.9 Å². The van der Waals surface area contributed by atoms with Crippen molar-refractivity contribution in [1.82, 2.24) is 36.3 Å². The quantitative estimate of drug-likeness (QED) is 0.0986. The summed E-state index contributed by atoms with van der Waals surface area (Å²) in [5.74, 6) is -2.80. The Morgan fingerprint density at radius 3 is 2.67 bits per heavy atom. The Balaban J connectivity index is 1.09. The molecular formula is C33H40F2N8O5S. The van der Waals surface area contributed by atoms with Crippen molar-refractivity contribution in [2.75, 3.05) is 18.9 Å². The lowest BCUT2D eigenvalue weighted by Crippen LogP contribution is -2.43. The van der Waals surface area contributed by atoms with Crippen LogP contribution in [0.5, 0.6) is 5.75 Å². The van der Waals surface area contributed by atoms with E-state index in [0.29, 0.717) is 42.4 Å². The molecule has 2 aliphatic heterocycles. The molecule has 0 aliphatic carbocycles. The zero-order chi connectivity index (χ0) is 34.8. The number of unbranched alkanes of at least 4 members (excludes halogenated alkanes) is 2. The van der Waals surface area contributed by atoms with Crippen LogP contribution in [-0.4, -0.2) is 80.9 Å². The van der Waals surface area contributed by atoms with E-state index in [1.165, 1.54) is 10.7 Å². The molecule has 0 radical (unpaired) electrons. The van der Waals surface area contributed by atoms with Crippen molar-refractivity contribution < 1.29 is 32.7 Å². The molecule has 0 bridgehead atoms. The van der Waals surface area contributed by atoms with E-state index >= 15 is 0 Å². The highest BCUT2D eigenvalue weighted by atomic mass is 32.2. The number of nitrogens with two attached hydrogens (primary N) is 1. The highest BCUT2D eigenvalue weighted by Gasteiger charge is 2.42. The van der Waals surface area contributed by atoms with Gasteiger partial charge in [-0.15, -0.1) is 5.10 Å². The number of hydrogen-bond donors (Lipinski definition) is 5. The molecule has 6 N–H and O–H groups in total. The number of hydrogen-bond acceptors (Lipinski definition) is 9. The summed E-state index contributed by atoms with van der Waals surface area (Å²) in [5, 5.41) is 20.1. The molecule has 2 saturated heterocycles. The molecule has 4 amide bonds. The van der Waals surface area contributed by atoms with E-state index in [9.17, 15) is 28.0 Å². The number of ketones is 1. The summed E-state index contributed by atoms with van der Waals surface area (Å²) in [6, 6.07) is 9.05. The summed E-state index contributed by atoms with van der Waals surface area (Å²) in [6.07, 6.45) is 6.00. The average molecular weight is 699 g/mol. The first-order valence-electron chi connectivity index (χ1n) is 16.3. The molecule has 1 aromatic heterocycles. The maximum absolute atomic E-state index is 14.0. The predicted molar refractivity (Wildman–Crippen MR) is 178 cm³/mol. The number of thioether (sulfide) groups is 1. The van der Waals surface area contributed by atoms with E-state index in [-0.39, 0.29) is 42.6 Å². The van der Waals surface area contributed by atoms with Gasteiger partial charge in [-0.05, 0) is 69.0 Å². The number of Topliss-reactive ketones (excluding diaryl/α,β-unsaturated/α-hetero) is 1. The van der Waals surface area contributed by atoms with Crippen molar-refractivity contribution >= 4 is 35.4 Å². The van der Waals surface area contributed by atoms with Gasteiger partial charge in [-0.2, -0.15) is 11.8 Å². The van der Waals surface area contributed by atoms with Gasteiger partial charge in [0.25, 0.3) is 5.91 Å². The van der Waals surface area contributed by atoms with Crippen molar-refractivity contribution in [2.24, 2.45) is 5.73 Å². The highest BCUT2D eigenvalue weighted by molar-refractivity contribution is 8.00. The fourth-order valence-electron chi connectivity index (χ4n) is 5.76. The van der Waals surface area contributed by atoms with Gasteiger partial charge in [0.1, 0.15) is 12.3 Å². The number of benzene rings is 2. The molecule has 2 aromatic carbocycles. The van der Waals surface area contributed by atoms with E-state index in [4.69, 9.17) is 10.5 Å². The second kappa shape index (κ2) is 17.2. The van der Waals surface area contributed by atoms with Crippen molar-refractivity contribution in [3.63, 3.8) is 0 Å². The fraction of sp³-hybridized carbons (Fsp3) is 0.455. The van der Waals surface area contributed by atoms with Gasteiger partial charge in [0, 0.05) is 23.0 Å². The first-order chi connectivity index (χ1) is 23.7. The third-order valence-electron chi connectivity index (χ3n) is 8.38. The summed E-state index contributed by atoms with van der Waals surface area (Å²) in [5.41, 5.74) is 6.90. The zero-order valence-corrected chi connectivity index (χ0v) is 27.6. The number of ether oxygens (including phenoxy) is 1. The molecule has 0 spiro atoms. The van der Waals surface area contributed by atoms with Crippen LogP contribution >= 0.6 is 11.8 Å². The summed E-state index contributed by atoms with van der Waals surface area (Å²) in [4.78, 5) is 50.2. The van der Waals surface area contributed by atoms with Gasteiger partial charge in [0.2, 0.25) is 5.91 Å². The van der Waals surface area contributed by atoms with Crippen LogP contribution in [0.2, 0.25) is 0 Å². The molecule has 262 valence electrons. The molecule has 3 heterocycles. The number of amides is 4. The van der Waals surface area contributed by atoms with Crippen molar-refractivity contribution in [3.8, 4) is 11.4 Å². The minimum absolute atomic E-state index is 0.0963. The molecule has 0 saturated carbocycles. The molecule has 2 aliphatic rings. The number of para-hydroxylation sites is 1. The monoisotopic (exact) mass is 698 g/mol. The van der Waals surface area contributed by atoms with Crippen LogP contribution in [0.25, 0.3) is 5.69 Å². The number of aromatic nitrogens is 3. The Morgan fingerprint density at radius 2 is 1.88 bits per heavy atom. The van der Waals surface area contributed by atoms with E-state index in [0.717, 1.165) is 37.1 Å². The normalized spacial score (nSPS) is 18.7. The number of carbonyl (C=O) groups excluding carboxylic acids is 4. The van der Waals surface area contributed by atoms with Crippen LogP contribution in [0.3, 0.4) is 0 Å². The maximum Gasteiger partial charge on any atom is 0.315 e. The van der Waals surface area contributed by atoms with Crippen molar-refractivity contribution in [3.05, 3.63) is 71.6 Å². The summed E-state index contributed by atoms with van der Waals surface area (Å²) in [7, 11) is 0. The van der Waals surface area contributed by atoms with Crippen LogP contribution in [0.15, 0.2) is 48.7 Å². The number of halogens is 2. The van der Waals surface area contributed by atoms with Crippen LogP contribution in [0.1, 0.15) is 61.0 Å². The summed E-state index contributed by atoms with van der Waals surface area (Å²) in [6.45, 7) is -0.0493. The van der Waals surface area contributed by atoms with Gasteiger partial charge in [-0.25, -0.2) is 18.3 Å². The topological polar surface area (TPSA) is 182 Å². The van der Waals surface area contributed by atoms with E-state index in [1.807, 2.05) is 11.8 Å². The zero-order valence-electron chi connectivity index (χ0n) is 26.8. The number of fused-ring (bicyclic) bond motifs is 1. The van der Waals surface area contributed by atoms with Crippen molar-refractivity contribution in [1.29, 1.82) is 0 Å². The van der Waals surface area contributed by atoms with Gasteiger partial charge < -0.3 is 31.7 Å². The summed E-state index contributed by atoms with van der Waals surface area (Å²) >= 11 is 1.85. The number of rotatable bonds is 18. The van der Waals surface area contributed by atoms with Crippen LogP contribution < -0.4 is 31.7 Å². The largest absolute Gasteiger partial charge is 0.480 e. The molecular weight excluding hydrogens is 658 g/mol. The molecule has 4 atom stereocenters. The Bertz CT molecular complexity index is 1620. The smallest absolute Gasteiger partial charge is 0.315 e. The van der Waals surface area contributed by atoms with Gasteiger partial charge in [0.05, 0.1) is 36.6 Å². The van der Waals surface area contributed by atoms with E-state index < -0.39 is 41.7 Å². The predicted octanol–water partition coefficient (Wildman–Crippen LogP) is 2.76. The second-order valence-electron chi connectivity index (χ2n) is 12.0. The molecule has 3 unspecified atom stereocenters. The number of urea groups is 1. The Morgan fingerprint density at radius 1 is 1.08 bits per heavy atom. The summed E-state index contributed by atoms with van der Waals surface area (Å²) < 4.78 is 34.6. The van der Waals surface area contributed by atoms with Crippen LogP contribution in [0.4, 0.5) is 13.6 Å². The Labute approximate surface area is 286 Å². The minimum atomic E-state index is -0.972. The Hall–Kier alpha value is -4.57. The second-order valence-corrected chi connectivity index (χ2v) is 13.2. The molecule has 3 aromatic rings. The molecule has 16 heteroatoms. The maximum atomic E-state index is 14.0. The first-order valence-corrected chi connectivity index (χ1v) is 17.3. The first kappa shape index (κ1) is 35.7. The lowest BCUT2D eigenvalue weighted by Gasteiger charge is -2.18. The van der Waals surface area contributed by atoms with E-state index in [1.54, 1.807) is 30.5 Å². The van der Waals surface area contributed by atoms with Crippen LogP contribution in [0, 0.1) is 11.6 Å². The average Bonchev–Trinajstić information content (AvgIpc) is 3.81. The highest BCUT2D eigenvalue weighted by Crippen LogP contribution is 2.33. The number of nitrogens with zero attached hydrogens (tertiary/aromatic N) is 3. The Kier molecular flexibility index (Phi) is 12.5. The van der Waals surface area contributed by atoms with Gasteiger partial charge in [-0.1, -0.05) is 23.8 Å². The van der Waals surface area contributed by atoms with Gasteiger partial charge >= 0.3 is 6.03 Å². The fourth-order valence-corrected chi connectivity index (χ4v) is 7.30. The van der Waals surface area contributed by atoms with E-state index in [2.05, 4.69) is 31.6 Å². The lowest BCUT2D eigenvalue weighted by atomic mass is 10.0. The molecule has 5 rings (SSSR count). The van der Waals surface area contributed by atoms with Gasteiger partial charge in [-0.3, -0.25) is 14.4 Å². The van der Waals surface area contributed by atoms with Crippen LogP contribution in [-0.2, 0) is 16.1 Å². The minimum Gasteiger partial charge on any atom is -0.480 e. The number of carbonyl (C=O) groups is 4. The molecule has 49 heavy (non-hydrogen) atoms. The SMILES string of the molecule is NCCCCC(NC(=O)c1cccc(-n2cc(CNC(=O)CCCC[C@@H]3SCC4NC(=O)NC43)nn2)c1)C(=O)COc1c(F)cccc1F.